The lowest BCUT2D eigenvalue weighted by Gasteiger charge is -2.21. The zero-order valence-electron chi connectivity index (χ0n) is 11.2. The van der Waals surface area contributed by atoms with Crippen LogP contribution in [0.2, 0.25) is 0 Å². The number of halogens is 1. The van der Waals surface area contributed by atoms with E-state index < -0.39 is 5.82 Å². The van der Waals surface area contributed by atoms with Gasteiger partial charge >= 0.3 is 0 Å². The number of amides is 1. The first-order valence-electron chi connectivity index (χ1n) is 6.29. The van der Waals surface area contributed by atoms with Gasteiger partial charge in [-0.05, 0) is 25.6 Å². The van der Waals surface area contributed by atoms with E-state index in [4.69, 9.17) is 5.26 Å². The number of carbonyl (C=O) groups is 1. The van der Waals surface area contributed by atoms with Gasteiger partial charge in [-0.3, -0.25) is 4.79 Å². The van der Waals surface area contributed by atoms with Gasteiger partial charge in [0.2, 0.25) is 5.91 Å². The SMILES string of the molecule is CCNCC(=O)N(CC)Cc1ccc(C#N)cc1F. The number of likely N-dealkylation sites (N-methyl/N-ethyl adjacent to an activating group) is 2. The Hall–Kier alpha value is -1.93. The van der Waals surface area contributed by atoms with Crippen LogP contribution in [-0.2, 0) is 11.3 Å². The minimum Gasteiger partial charge on any atom is -0.337 e. The smallest absolute Gasteiger partial charge is 0.236 e. The second-order valence-electron chi connectivity index (χ2n) is 4.11. The van der Waals surface area contributed by atoms with E-state index in [1.165, 1.54) is 6.07 Å². The fourth-order valence-corrected chi connectivity index (χ4v) is 1.67. The van der Waals surface area contributed by atoms with E-state index in [-0.39, 0.29) is 24.6 Å². The van der Waals surface area contributed by atoms with Crippen molar-refractivity contribution in [2.24, 2.45) is 0 Å². The van der Waals surface area contributed by atoms with Crippen LogP contribution in [0.3, 0.4) is 0 Å². The molecule has 4 nitrogen and oxygen atoms in total. The Morgan fingerprint density at radius 3 is 2.74 bits per heavy atom. The van der Waals surface area contributed by atoms with E-state index >= 15 is 0 Å². The maximum Gasteiger partial charge on any atom is 0.236 e. The number of nitrogens with one attached hydrogen (secondary N) is 1. The largest absolute Gasteiger partial charge is 0.337 e. The van der Waals surface area contributed by atoms with Crippen LogP contribution in [0.15, 0.2) is 18.2 Å². The minimum atomic E-state index is -0.450. The van der Waals surface area contributed by atoms with Crippen molar-refractivity contribution in [3.05, 3.63) is 35.1 Å². The highest BCUT2D eigenvalue weighted by atomic mass is 19.1. The summed E-state index contributed by atoms with van der Waals surface area (Å²) in [7, 11) is 0. The average Bonchev–Trinajstić information content (AvgIpc) is 2.43. The summed E-state index contributed by atoms with van der Waals surface area (Å²) in [6.45, 7) is 5.48. The van der Waals surface area contributed by atoms with Crippen LogP contribution in [0.1, 0.15) is 25.0 Å². The van der Waals surface area contributed by atoms with Gasteiger partial charge in [-0.1, -0.05) is 13.0 Å². The molecule has 1 aromatic carbocycles. The molecule has 0 aliphatic carbocycles. The molecule has 1 amide bonds. The Morgan fingerprint density at radius 1 is 1.47 bits per heavy atom. The highest BCUT2D eigenvalue weighted by Crippen LogP contribution is 2.12. The highest BCUT2D eigenvalue weighted by molar-refractivity contribution is 5.78. The predicted molar refractivity (Wildman–Crippen MR) is 70.7 cm³/mol. The summed E-state index contributed by atoms with van der Waals surface area (Å²) in [5.74, 6) is -0.512. The van der Waals surface area contributed by atoms with Crippen LogP contribution in [0.25, 0.3) is 0 Å². The molecule has 102 valence electrons. The molecule has 0 radical (unpaired) electrons. The van der Waals surface area contributed by atoms with Gasteiger partial charge in [0.1, 0.15) is 5.82 Å². The molecular formula is C14H18FN3O. The lowest BCUT2D eigenvalue weighted by Crippen LogP contribution is -2.37. The molecule has 0 saturated carbocycles. The first-order valence-corrected chi connectivity index (χ1v) is 6.29. The molecular weight excluding hydrogens is 245 g/mol. The quantitative estimate of drug-likeness (QED) is 0.849. The van der Waals surface area contributed by atoms with Gasteiger partial charge in [0.05, 0.1) is 18.2 Å². The maximum absolute atomic E-state index is 13.7. The molecule has 0 aromatic heterocycles. The zero-order chi connectivity index (χ0) is 14.3. The van der Waals surface area contributed by atoms with Crippen molar-refractivity contribution in [1.29, 1.82) is 5.26 Å². The molecule has 1 aromatic rings. The van der Waals surface area contributed by atoms with Gasteiger partial charge in [-0.25, -0.2) is 4.39 Å². The second kappa shape index (κ2) is 7.49. The van der Waals surface area contributed by atoms with Crippen LogP contribution >= 0.6 is 0 Å². The molecule has 0 heterocycles. The van der Waals surface area contributed by atoms with Crippen LogP contribution < -0.4 is 5.32 Å². The summed E-state index contributed by atoms with van der Waals surface area (Å²) >= 11 is 0. The van der Waals surface area contributed by atoms with Gasteiger partial charge in [0.25, 0.3) is 0 Å². The summed E-state index contributed by atoms with van der Waals surface area (Å²) in [4.78, 5) is 13.4. The third-order valence-corrected chi connectivity index (χ3v) is 2.80. The Morgan fingerprint density at radius 2 is 2.21 bits per heavy atom. The number of nitrogens with zero attached hydrogens (tertiary/aromatic N) is 2. The number of rotatable bonds is 6. The maximum atomic E-state index is 13.7. The zero-order valence-corrected chi connectivity index (χ0v) is 11.2. The van der Waals surface area contributed by atoms with E-state index in [1.807, 2.05) is 19.9 Å². The molecule has 0 atom stereocenters. The molecule has 0 aliphatic heterocycles. The van der Waals surface area contributed by atoms with Crippen LogP contribution in [-0.4, -0.2) is 30.4 Å². The van der Waals surface area contributed by atoms with Crippen LogP contribution in [0.5, 0.6) is 0 Å². The minimum absolute atomic E-state index is 0.0619. The van der Waals surface area contributed by atoms with Crippen molar-refractivity contribution >= 4 is 5.91 Å². The van der Waals surface area contributed by atoms with Gasteiger partial charge < -0.3 is 10.2 Å². The summed E-state index contributed by atoms with van der Waals surface area (Å²) in [5.41, 5.74) is 0.703. The topological polar surface area (TPSA) is 56.1 Å². The molecule has 19 heavy (non-hydrogen) atoms. The molecule has 1 rings (SSSR count). The van der Waals surface area contributed by atoms with Crippen LogP contribution in [0.4, 0.5) is 4.39 Å². The Bertz CT molecular complexity index is 482. The third-order valence-electron chi connectivity index (χ3n) is 2.80. The second-order valence-corrected chi connectivity index (χ2v) is 4.11. The molecule has 1 N–H and O–H groups in total. The Balaban J connectivity index is 2.76. The van der Waals surface area contributed by atoms with Crippen molar-refractivity contribution in [2.75, 3.05) is 19.6 Å². The monoisotopic (exact) mass is 263 g/mol. The van der Waals surface area contributed by atoms with E-state index in [1.54, 1.807) is 17.0 Å². The van der Waals surface area contributed by atoms with Crippen molar-refractivity contribution in [3.8, 4) is 6.07 Å². The molecule has 0 saturated heterocycles. The first-order chi connectivity index (χ1) is 9.12. The van der Waals surface area contributed by atoms with Crippen molar-refractivity contribution < 1.29 is 9.18 Å². The van der Waals surface area contributed by atoms with E-state index in [0.29, 0.717) is 18.7 Å². The standard InChI is InChI=1S/C14H18FN3O/c1-3-17-9-14(19)18(4-2)10-12-6-5-11(8-16)7-13(12)15/h5-7,17H,3-4,9-10H2,1-2H3. The van der Waals surface area contributed by atoms with Gasteiger partial charge in [0.15, 0.2) is 0 Å². The fourth-order valence-electron chi connectivity index (χ4n) is 1.67. The van der Waals surface area contributed by atoms with Crippen molar-refractivity contribution in [3.63, 3.8) is 0 Å². The third kappa shape index (κ3) is 4.34. The molecule has 0 unspecified atom stereocenters. The fraction of sp³-hybridized carbons (Fsp3) is 0.429. The number of benzene rings is 1. The first kappa shape index (κ1) is 15.1. The van der Waals surface area contributed by atoms with E-state index in [9.17, 15) is 9.18 Å². The summed E-state index contributed by atoms with van der Waals surface area (Å²) in [6.07, 6.45) is 0. The number of carbonyl (C=O) groups excluding carboxylic acids is 1. The summed E-state index contributed by atoms with van der Waals surface area (Å²) < 4.78 is 13.7. The Labute approximate surface area is 112 Å². The normalized spacial score (nSPS) is 10.0. The van der Waals surface area contributed by atoms with Crippen molar-refractivity contribution in [2.45, 2.75) is 20.4 Å². The van der Waals surface area contributed by atoms with E-state index in [0.717, 1.165) is 0 Å². The van der Waals surface area contributed by atoms with Gasteiger partial charge in [-0.2, -0.15) is 5.26 Å². The summed E-state index contributed by atoms with van der Waals surface area (Å²) in [6, 6.07) is 6.18. The molecule has 0 spiro atoms. The average molecular weight is 263 g/mol. The van der Waals surface area contributed by atoms with Gasteiger partial charge in [0, 0.05) is 18.7 Å². The number of hydrogen-bond donors (Lipinski definition) is 1. The van der Waals surface area contributed by atoms with Gasteiger partial charge in [-0.15, -0.1) is 0 Å². The van der Waals surface area contributed by atoms with Crippen LogP contribution in [0, 0.1) is 17.1 Å². The predicted octanol–water partition coefficient (Wildman–Crippen LogP) is 1.66. The molecule has 0 aliphatic rings. The number of hydrogen-bond acceptors (Lipinski definition) is 3. The molecule has 0 bridgehead atoms. The lowest BCUT2D eigenvalue weighted by molar-refractivity contribution is -0.130. The molecule has 5 heteroatoms. The highest BCUT2D eigenvalue weighted by Gasteiger charge is 2.13. The molecule has 0 fully saturated rings. The van der Waals surface area contributed by atoms with E-state index in [2.05, 4.69) is 5.32 Å². The summed E-state index contributed by atoms with van der Waals surface area (Å²) in [5, 5.41) is 11.6. The lowest BCUT2D eigenvalue weighted by atomic mass is 10.1. The number of nitriles is 1. The Kier molecular flexibility index (Phi) is 5.97. The van der Waals surface area contributed by atoms with Crippen molar-refractivity contribution in [1.82, 2.24) is 10.2 Å².